The molecule has 23 heavy (non-hydrogen) atoms. The van der Waals surface area contributed by atoms with Gasteiger partial charge in [0.2, 0.25) is 5.62 Å². The number of aryl methyl sites for hydroxylation is 1. The molecule has 0 saturated carbocycles. The molecule has 1 N–H and O–H groups in total. The normalized spacial score (nSPS) is 10.9. The monoisotopic (exact) mass is 329 g/mol. The Kier molecular flexibility index (Phi) is 3.96. The van der Waals surface area contributed by atoms with E-state index in [1.54, 1.807) is 47.6 Å². The molecule has 0 atom stereocenters. The van der Waals surface area contributed by atoms with Crippen LogP contribution in [0.4, 0.5) is 0 Å². The molecule has 0 aliphatic rings. The minimum atomic E-state index is -0.0736. The summed E-state index contributed by atoms with van der Waals surface area (Å²) in [6.07, 6.45) is 0. The van der Waals surface area contributed by atoms with Gasteiger partial charge in [-0.3, -0.25) is 10.2 Å². The SMILES string of the molecule is COc1ccc2c(c1)n(CC(=O)c1ccc(Cl)cc1)c(=N)n2C. The number of fused-ring (bicyclic) bond motifs is 1. The van der Waals surface area contributed by atoms with E-state index in [2.05, 4.69) is 0 Å². The standard InChI is InChI=1S/C17H16ClN3O2/c1-20-14-8-7-13(23-2)9-15(14)21(17(20)19)10-16(22)11-3-5-12(18)6-4-11/h3-9,19H,10H2,1-2H3. The quantitative estimate of drug-likeness (QED) is 0.748. The van der Waals surface area contributed by atoms with Crippen LogP contribution in [0.3, 0.4) is 0 Å². The van der Waals surface area contributed by atoms with Gasteiger partial charge in [0.05, 0.1) is 24.7 Å². The van der Waals surface area contributed by atoms with Crippen molar-refractivity contribution < 1.29 is 9.53 Å². The van der Waals surface area contributed by atoms with E-state index < -0.39 is 0 Å². The van der Waals surface area contributed by atoms with E-state index in [4.69, 9.17) is 21.7 Å². The van der Waals surface area contributed by atoms with Crippen molar-refractivity contribution in [2.45, 2.75) is 6.54 Å². The molecule has 0 unspecified atom stereocenters. The van der Waals surface area contributed by atoms with Gasteiger partial charge in [-0.05, 0) is 36.4 Å². The van der Waals surface area contributed by atoms with E-state index in [0.717, 1.165) is 11.0 Å². The summed E-state index contributed by atoms with van der Waals surface area (Å²) in [5.74, 6) is 0.617. The number of ether oxygens (including phenoxy) is 1. The summed E-state index contributed by atoms with van der Waals surface area (Å²) in [6, 6.07) is 12.3. The number of hydrogen-bond donors (Lipinski definition) is 1. The van der Waals surface area contributed by atoms with Crippen LogP contribution in [0.1, 0.15) is 10.4 Å². The number of rotatable bonds is 4. The van der Waals surface area contributed by atoms with Gasteiger partial charge in [-0.25, -0.2) is 0 Å². The molecule has 0 saturated heterocycles. The molecular weight excluding hydrogens is 314 g/mol. The van der Waals surface area contributed by atoms with E-state index in [0.29, 0.717) is 16.3 Å². The molecule has 1 heterocycles. The van der Waals surface area contributed by atoms with Gasteiger partial charge in [0.1, 0.15) is 5.75 Å². The van der Waals surface area contributed by atoms with Crippen LogP contribution in [0, 0.1) is 5.41 Å². The topological polar surface area (TPSA) is 60.0 Å². The Hall–Kier alpha value is -2.53. The van der Waals surface area contributed by atoms with Crippen LogP contribution in [0.15, 0.2) is 42.5 Å². The van der Waals surface area contributed by atoms with Crippen molar-refractivity contribution in [3.8, 4) is 5.75 Å². The van der Waals surface area contributed by atoms with Gasteiger partial charge in [0.15, 0.2) is 5.78 Å². The number of nitrogens with one attached hydrogen (secondary N) is 1. The number of hydrogen-bond acceptors (Lipinski definition) is 3. The van der Waals surface area contributed by atoms with E-state index in [1.807, 2.05) is 18.2 Å². The summed E-state index contributed by atoms with van der Waals surface area (Å²) in [6.45, 7) is 0.0883. The zero-order chi connectivity index (χ0) is 16.6. The van der Waals surface area contributed by atoms with Gasteiger partial charge in [0, 0.05) is 23.7 Å². The highest BCUT2D eigenvalue weighted by molar-refractivity contribution is 6.30. The van der Waals surface area contributed by atoms with Gasteiger partial charge in [-0.2, -0.15) is 0 Å². The summed E-state index contributed by atoms with van der Waals surface area (Å²) >= 11 is 5.85. The van der Waals surface area contributed by atoms with Crippen molar-refractivity contribution in [3.05, 3.63) is 58.7 Å². The third kappa shape index (κ3) is 2.75. The van der Waals surface area contributed by atoms with Crippen LogP contribution in [-0.4, -0.2) is 22.0 Å². The maximum atomic E-state index is 12.5. The summed E-state index contributed by atoms with van der Waals surface area (Å²) in [5, 5.41) is 8.84. The minimum Gasteiger partial charge on any atom is -0.497 e. The molecule has 6 heteroatoms. The number of methoxy groups -OCH3 is 1. The van der Waals surface area contributed by atoms with Gasteiger partial charge in [-0.1, -0.05) is 11.6 Å². The highest BCUT2D eigenvalue weighted by Crippen LogP contribution is 2.20. The fourth-order valence-corrected chi connectivity index (χ4v) is 2.70. The van der Waals surface area contributed by atoms with Crippen molar-refractivity contribution in [3.63, 3.8) is 0 Å². The van der Waals surface area contributed by atoms with Crippen molar-refractivity contribution in [1.29, 1.82) is 5.41 Å². The maximum Gasteiger partial charge on any atom is 0.203 e. The lowest BCUT2D eigenvalue weighted by Gasteiger charge is -2.05. The van der Waals surface area contributed by atoms with Crippen LogP contribution < -0.4 is 10.4 Å². The van der Waals surface area contributed by atoms with Crippen LogP contribution in [0.5, 0.6) is 5.75 Å². The van der Waals surface area contributed by atoms with Crippen molar-refractivity contribution in [2.75, 3.05) is 7.11 Å². The Morgan fingerprint density at radius 3 is 2.52 bits per heavy atom. The third-order valence-corrected chi connectivity index (χ3v) is 4.13. The Bertz CT molecular complexity index is 939. The second-order valence-corrected chi connectivity index (χ2v) is 5.69. The van der Waals surface area contributed by atoms with Crippen molar-refractivity contribution >= 4 is 28.4 Å². The first-order valence-corrected chi connectivity index (χ1v) is 7.45. The Labute approximate surface area is 138 Å². The number of benzene rings is 2. The summed E-state index contributed by atoms with van der Waals surface area (Å²) in [4.78, 5) is 12.5. The third-order valence-electron chi connectivity index (χ3n) is 3.88. The van der Waals surface area contributed by atoms with Crippen LogP contribution in [0.2, 0.25) is 5.02 Å². The van der Waals surface area contributed by atoms with Crippen LogP contribution in [0.25, 0.3) is 11.0 Å². The van der Waals surface area contributed by atoms with Crippen molar-refractivity contribution in [2.24, 2.45) is 7.05 Å². The molecule has 0 spiro atoms. The zero-order valence-corrected chi connectivity index (χ0v) is 13.6. The molecule has 2 aromatic carbocycles. The van der Waals surface area contributed by atoms with E-state index in [9.17, 15) is 4.79 Å². The fraction of sp³-hybridized carbons (Fsp3) is 0.176. The summed E-state index contributed by atoms with van der Waals surface area (Å²) in [7, 11) is 3.40. The lowest BCUT2D eigenvalue weighted by atomic mass is 10.1. The van der Waals surface area contributed by atoms with Crippen molar-refractivity contribution in [1.82, 2.24) is 9.13 Å². The molecule has 0 bridgehead atoms. The second kappa shape index (κ2) is 5.93. The highest BCUT2D eigenvalue weighted by Gasteiger charge is 2.14. The molecular formula is C17H16ClN3O2. The number of halogens is 1. The van der Waals surface area contributed by atoms with Gasteiger partial charge < -0.3 is 13.9 Å². The fourth-order valence-electron chi connectivity index (χ4n) is 2.57. The minimum absolute atomic E-state index is 0.0736. The molecule has 5 nitrogen and oxygen atoms in total. The predicted molar refractivity (Wildman–Crippen MR) is 89.1 cm³/mol. The molecule has 0 aliphatic carbocycles. The number of ketones is 1. The van der Waals surface area contributed by atoms with Gasteiger partial charge in [0.25, 0.3) is 0 Å². The molecule has 1 aromatic heterocycles. The van der Waals surface area contributed by atoms with E-state index in [1.165, 1.54) is 0 Å². The smallest absolute Gasteiger partial charge is 0.203 e. The Morgan fingerprint density at radius 2 is 1.87 bits per heavy atom. The van der Waals surface area contributed by atoms with E-state index >= 15 is 0 Å². The highest BCUT2D eigenvalue weighted by atomic mass is 35.5. The number of carbonyl (C=O) groups excluding carboxylic acids is 1. The average molecular weight is 330 g/mol. The average Bonchev–Trinajstić information content (AvgIpc) is 2.80. The number of nitrogens with zero attached hydrogens (tertiary/aromatic N) is 2. The van der Waals surface area contributed by atoms with Gasteiger partial charge >= 0.3 is 0 Å². The first-order valence-electron chi connectivity index (χ1n) is 7.08. The molecule has 0 aliphatic heterocycles. The first kappa shape index (κ1) is 15.4. The van der Waals surface area contributed by atoms with Crippen LogP contribution >= 0.6 is 11.6 Å². The summed E-state index contributed by atoms with van der Waals surface area (Å²) < 4.78 is 8.66. The molecule has 118 valence electrons. The molecule has 3 aromatic rings. The van der Waals surface area contributed by atoms with Gasteiger partial charge in [-0.15, -0.1) is 0 Å². The largest absolute Gasteiger partial charge is 0.497 e. The predicted octanol–water partition coefficient (Wildman–Crippen LogP) is 3.00. The molecule has 3 rings (SSSR count). The summed E-state index contributed by atoms with van der Waals surface area (Å²) in [5.41, 5.74) is 2.50. The maximum absolute atomic E-state index is 12.5. The van der Waals surface area contributed by atoms with Crippen LogP contribution in [-0.2, 0) is 13.6 Å². The number of aromatic nitrogens is 2. The number of Topliss-reactive ketones (excluding diaryl/α,β-unsaturated/α-hetero) is 1. The Morgan fingerprint density at radius 1 is 1.17 bits per heavy atom. The molecule has 0 radical (unpaired) electrons. The number of carbonyl (C=O) groups is 1. The first-order chi connectivity index (χ1) is 11.0. The molecule has 0 amide bonds. The zero-order valence-electron chi connectivity index (χ0n) is 12.8. The van der Waals surface area contributed by atoms with E-state index in [-0.39, 0.29) is 17.9 Å². The molecule has 0 fully saturated rings. The lowest BCUT2D eigenvalue weighted by Crippen LogP contribution is -2.25. The second-order valence-electron chi connectivity index (χ2n) is 5.25. The lowest BCUT2D eigenvalue weighted by molar-refractivity contribution is 0.0971. The Balaban J connectivity index is 2.05. The number of imidazole rings is 1.